The molecule has 1 amide bonds. The van der Waals surface area contributed by atoms with Crippen LogP contribution in [0.2, 0.25) is 0 Å². The molecule has 1 aromatic heterocycles. The molecular formula is C17H22N4OS. The molecule has 1 aliphatic heterocycles. The Labute approximate surface area is 141 Å². The molecule has 0 unspecified atom stereocenters. The molecule has 0 saturated carbocycles. The van der Waals surface area contributed by atoms with Crippen LogP contribution in [0.4, 0.5) is 10.8 Å². The second-order valence-corrected chi connectivity index (χ2v) is 6.83. The van der Waals surface area contributed by atoms with Crippen molar-refractivity contribution in [2.75, 3.05) is 50.1 Å². The zero-order valence-electron chi connectivity index (χ0n) is 13.8. The van der Waals surface area contributed by atoms with Gasteiger partial charge in [0.2, 0.25) is 0 Å². The number of hydrogen-bond acceptors (Lipinski definition) is 5. The molecular weight excluding hydrogens is 308 g/mol. The lowest BCUT2D eigenvalue weighted by molar-refractivity contribution is 0.0747. The van der Waals surface area contributed by atoms with E-state index in [0.717, 1.165) is 48.3 Å². The number of rotatable bonds is 3. The maximum atomic E-state index is 12.6. The summed E-state index contributed by atoms with van der Waals surface area (Å²) in [6.45, 7) is 5.18. The van der Waals surface area contributed by atoms with Crippen molar-refractivity contribution >= 4 is 28.1 Å². The van der Waals surface area contributed by atoms with Gasteiger partial charge in [-0.3, -0.25) is 4.79 Å². The lowest BCUT2D eigenvalue weighted by atomic mass is 10.1. The second-order valence-electron chi connectivity index (χ2n) is 5.99. The van der Waals surface area contributed by atoms with E-state index in [1.54, 1.807) is 11.3 Å². The fourth-order valence-electron chi connectivity index (χ4n) is 2.67. The Morgan fingerprint density at radius 2 is 1.78 bits per heavy atom. The van der Waals surface area contributed by atoms with Crippen LogP contribution >= 0.6 is 11.3 Å². The van der Waals surface area contributed by atoms with E-state index >= 15 is 0 Å². The van der Waals surface area contributed by atoms with Gasteiger partial charge in [0.15, 0.2) is 5.13 Å². The normalized spacial score (nSPS) is 14.9. The minimum atomic E-state index is 0.116. The van der Waals surface area contributed by atoms with E-state index in [1.807, 2.05) is 55.1 Å². The first kappa shape index (κ1) is 15.8. The van der Waals surface area contributed by atoms with Crippen molar-refractivity contribution in [3.63, 3.8) is 0 Å². The third kappa shape index (κ3) is 3.47. The number of aromatic nitrogens is 1. The van der Waals surface area contributed by atoms with Crippen LogP contribution < -0.4 is 9.80 Å². The van der Waals surface area contributed by atoms with Crippen LogP contribution in [0.5, 0.6) is 0 Å². The van der Waals surface area contributed by atoms with Crippen LogP contribution in [0.15, 0.2) is 29.6 Å². The Morgan fingerprint density at radius 1 is 1.13 bits per heavy atom. The van der Waals surface area contributed by atoms with Crippen molar-refractivity contribution in [1.82, 2.24) is 9.88 Å². The Kier molecular flexibility index (Phi) is 4.52. The molecule has 0 bridgehead atoms. The molecule has 5 nitrogen and oxygen atoms in total. The highest BCUT2D eigenvalue weighted by Gasteiger charge is 2.23. The first-order valence-corrected chi connectivity index (χ1v) is 8.66. The molecule has 2 aromatic rings. The highest BCUT2D eigenvalue weighted by Crippen LogP contribution is 2.22. The van der Waals surface area contributed by atoms with Gasteiger partial charge >= 0.3 is 0 Å². The molecule has 0 aliphatic carbocycles. The summed E-state index contributed by atoms with van der Waals surface area (Å²) in [7, 11) is 3.99. The fourth-order valence-corrected chi connectivity index (χ4v) is 3.53. The second kappa shape index (κ2) is 6.58. The molecule has 0 spiro atoms. The third-order valence-corrected chi connectivity index (χ3v) is 5.09. The average molecular weight is 330 g/mol. The van der Waals surface area contributed by atoms with Gasteiger partial charge in [0.1, 0.15) is 0 Å². The molecule has 1 aromatic carbocycles. The number of nitrogens with zero attached hydrogens (tertiary/aromatic N) is 4. The number of aryl methyl sites for hydroxylation is 1. The number of hydrogen-bond donors (Lipinski definition) is 0. The summed E-state index contributed by atoms with van der Waals surface area (Å²) in [5.41, 5.74) is 2.92. The maximum Gasteiger partial charge on any atom is 0.253 e. The van der Waals surface area contributed by atoms with Crippen LogP contribution in [0.1, 0.15) is 16.1 Å². The summed E-state index contributed by atoms with van der Waals surface area (Å²) >= 11 is 1.67. The van der Waals surface area contributed by atoms with E-state index in [2.05, 4.69) is 15.3 Å². The first-order valence-electron chi connectivity index (χ1n) is 7.78. The van der Waals surface area contributed by atoms with Gasteiger partial charge in [-0.2, -0.15) is 0 Å². The summed E-state index contributed by atoms with van der Waals surface area (Å²) in [4.78, 5) is 23.4. The Hall–Kier alpha value is -2.08. The summed E-state index contributed by atoms with van der Waals surface area (Å²) in [5, 5.41) is 3.13. The van der Waals surface area contributed by atoms with E-state index in [1.165, 1.54) is 0 Å². The lowest BCUT2D eigenvalue weighted by Crippen LogP contribution is -2.48. The monoisotopic (exact) mass is 330 g/mol. The van der Waals surface area contributed by atoms with Crippen molar-refractivity contribution in [2.45, 2.75) is 6.92 Å². The Balaban J connectivity index is 1.61. The van der Waals surface area contributed by atoms with Crippen molar-refractivity contribution < 1.29 is 4.79 Å². The van der Waals surface area contributed by atoms with Crippen LogP contribution in [0.3, 0.4) is 0 Å². The molecule has 23 heavy (non-hydrogen) atoms. The quantitative estimate of drug-likeness (QED) is 0.867. The molecule has 0 radical (unpaired) electrons. The predicted molar refractivity (Wildman–Crippen MR) is 95.7 cm³/mol. The smallest absolute Gasteiger partial charge is 0.253 e. The van der Waals surface area contributed by atoms with E-state index < -0.39 is 0 Å². The van der Waals surface area contributed by atoms with Crippen LogP contribution in [0, 0.1) is 6.92 Å². The van der Waals surface area contributed by atoms with Crippen LogP contribution in [-0.4, -0.2) is 56.1 Å². The van der Waals surface area contributed by atoms with Crippen LogP contribution in [-0.2, 0) is 0 Å². The van der Waals surface area contributed by atoms with Gasteiger partial charge in [-0.05, 0) is 31.2 Å². The molecule has 0 N–H and O–H groups in total. The zero-order chi connectivity index (χ0) is 16.4. The first-order chi connectivity index (χ1) is 11.0. The van der Waals surface area contributed by atoms with Gasteiger partial charge in [-0.15, -0.1) is 11.3 Å². The highest BCUT2D eigenvalue weighted by atomic mass is 32.1. The highest BCUT2D eigenvalue weighted by molar-refractivity contribution is 7.13. The zero-order valence-corrected chi connectivity index (χ0v) is 14.6. The van der Waals surface area contributed by atoms with E-state index in [4.69, 9.17) is 0 Å². The minimum absolute atomic E-state index is 0.116. The van der Waals surface area contributed by atoms with Gasteiger partial charge in [0.05, 0.1) is 5.69 Å². The van der Waals surface area contributed by atoms with Gasteiger partial charge in [-0.25, -0.2) is 4.98 Å². The SMILES string of the molecule is Cc1csc(N2CCN(C(=O)c3ccc(N(C)C)cc3)CC2)n1. The van der Waals surface area contributed by atoms with Gasteiger partial charge < -0.3 is 14.7 Å². The molecule has 0 atom stereocenters. The minimum Gasteiger partial charge on any atom is -0.378 e. The van der Waals surface area contributed by atoms with Crippen LogP contribution in [0.25, 0.3) is 0 Å². The predicted octanol–water partition coefficient (Wildman–Crippen LogP) is 2.48. The van der Waals surface area contributed by atoms with Crippen molar-refractivity contribution in [3.05, 3.63) is 40.9 Å². The molecule has 1 saturated heterocycles. The number of amides is 1. The van der Waals surface area contributed by atoms with E-state index in [-0.39, 0.29) is 5.91 Å². The fraction of sp³-hybridized carbons (Fsp3) is 0.412. The van der Waals surface area contributed by atoms with Gasteiger partial charge in [-0.1, -0.05) is 0 Å². The molecule has 6 heteroatoms. The Morgan fingerprint density at radius 3 is 2.30 bits per heavy atom. The third-order valence-electron chi connectivity index (χ3n) is 4.07. The summed E-state index contributed by atoms with van der Waals surface area (Å²) in [5.74, 6) is 0.116. The number of anilines is 2. The largest absolute Gasteiger partial charge is 0.378 e. The molecule has 1 aliphatic rings. The van der Waals surface area contributed by atoms with Crippen molar-refractivity contribution in [2.24, 2.45) is 0 Å². The number of benzene rings is 1. The van der Waals surface area contributed by atoms with E-state index in [0.29, 0.717) is 0 Å². The number of carbonyl (C=O) groups is 1. The average Bonchev–Trinajstić information content (AvgIpc) is 3.01. The van der Waals surface area contributed by atoms with Gasteiger partial charge in [0, 0.05) is 56.9 Å². The number of piperazine rings is 1. The standard InChI is InChI=1S/C17H22N4OS/c1-13-12-23-17(18-13)21-10-8-20(9-11-21)16(22)14-4-6-15(7-5-14)19(2)3/h4-7,12H,8-11H2,1-3H3. The molecule has 1 fully saturated rings. The van der Waals surface area contributed by atoms with Crippen molar-refractivity contribution in [1.29, 1.82) is 0 Å². The van der Waals surface area contributed by atoms with Gasteiger partial charge in [0.25, 0.3) is 5.91 Å². The van der Waals surface area contributed by atoms with E-state index in [9.17, 15) is 4.79 Å². The summed E-state index contributed by atoms with van der Waals surface area (Å²) in [6.07, 6.45) is 0. The Bertz CT molecular complexity index is 672. The maximum absolute atomic E-state index is 12.6. The molecule has 122 valence electrons. The summed E-state index contributed by atoms with van der Waals surface area (Å²) < 4.78 is 0. The molecule has 2 heterocycles. The lowest BCUT2D eigenvalue weighted by Gasteiger charge is -2.34. The summed E-state index contributed by atoms with van der Waals surface area (Å²) in [6, 6.07) is 7.80. The van der Waals surface area contributed by atoms with Crippen molar-refractivity contribution in [3.8, 4) is 0 Å². The topological polar surface area (TPSA) is 39.7 Å². The number of carbonyl (C=O) groups excluding carboxylic acids is 1. The molecule has 3 rings (SSSR count). The number of thiazole rings is 1.